The van der Waals surface area contributed by atoms with Gasteiger partial charge in [0.05, 0.1) is 5.69 Å². The zero-order valence-electron chi connectivity index (χ0n) is 11.5. The van der Waals surface area contributed by atoms with Crippen LogP contribution in [0.2, 0.25) is 0 Å². The maximum atomic E-state index is 5.78. The molecule has 0 spiro atoms. The zero-order valence-corrected chi connectivity index (χ0v) is 11.5. The van der Waals surface area contributed by atoms with Crippen LogP contribution in [0.15, 0.2) is 24.4 Å². The molecule has 0 bridgehead atoms. The van der Waals surface area contributed by atoms with Gasteiger partial charge in [-0.15, -0.1) is 0 Å². The van der Waals surface area contributed by atoms with Gasteiger partial charge in [0.15, 0.2) is 0 Å². The van der Waals surface area contributed by atoms with Crippen molar-refractivity contribution >= 4 is 0 Å². The number of hydrogen-bond acceptors (Lipinski definition) is 4. The van der Waals surface area contributed by atoms with E-state index in [1.165, 1.54) is 44.7 Å². The SMILES string of the molecule is NCC1CCN(C2CCN(Cc3ccccn3)C2)C1. The first-order valence-electron chi connectivity index (χ1n) is 7.41. The number of rotatable bonds is 4. The molecule has 1 aromatic rings. The summed E-state index contributed by atoms with van der Waals surface area (Å²) in [6.45, 7) is 6.67. The lowest BCUT2D eigenvalue weighted by Crippen LogP contribution is -2.36. The first kappa shape index (κ1) is 13.0. The van der Waals surface area contributed by atoms with Crippen LogP contribution in [0.3, 0.4) is 0 Å². The molecule has 1 aromatic heterocycles. The van der Waals surface area contributed by atoms with E-state index in [0.717, 1.165) is 25.0 Å². The Bertz CT molecular complexity index is 394. The summed E-state index contributed by atoms with van der Waals surface area (Å²) in [5, 5.41) is 0. The van der Waals surface area contributed by atoms with Crippen LogP contribution in [0.4, 0.5) is 0 Å². The van der Waals surface area contributed by atoms with Gasteiger partial charge in [-0.3, -0.25) is 14.8 Å². The minimum atomic E-state index is 0.727. The summed E-state index contributed by atoms with van der Waals surface area (Å²) in [5.74, 6) is 0.727. The van der Waals surface area contributed by atoms with E-state index in [2.05, 4.69) is 26.9 Å². The van der Waals surface area contributed by atoms with Gasteiger partial charge < -0.3 is 5.73 Å². The van der Waals surface area contributed by atoms with E-state index in [9.17, 15) is 0 Å². The minimum absolute atomic E-state index is 0.727. The van der Waals surface area contributed by atoms with Crippen LogP contribution in [0.5, 0.6) is 0 Å². The van der Waals surface area contributed by atoms with E-state index in [1.807, 2.05) is 12.3 Å². The number of hydrogen-bond donors (Lipinski definition) is 1. The van der Waals surface area contributed by atoms with Crippen LogP contribution < -0.4 is 5.73 Å². The van der Waals surface area contributed by atoms with Gasteiger partial charge in [0.2, 0.25) is 0 Å². The van der Waals surface area contributed by atoms with Crippen molar-refractivity contribution in [3.63, 3.8) is 0 Å². The van der Waals surface area contributed by atoms with Crippen molar-refractivity contribution in [2.75, 3.05) is 32.7 Å². The van der Waals surface area contributed by atoms with E-state index in [4.69, 9.17) is 5.73 Å². The predicted octanol–water partition coefficient (Wildman–Crippen LogP) is 0.936. The van der Waals surface area contributed by atoms with Crippen molar-refractivity contribution in [2.45, 2.75) is 25.4 Å². The van der Waals surface area contributed by atoms with Crippen LogP contribution in [-0.4, -0.2) is 53.5 Å². The highest BCUT2D eigenvalue weighted by atomic mass is 15.3. The Morgan fingerprint density at radius 3 is 2.89 bits per heavy atom. The Morgan fingerprint density at radius 2 is 2.16 bits per heavy atom. The second kappa shape index (κ2) is 5.99. The van der Waals surface area contributed by atoms with Gasteiger partial charge in [-0.25, -0.2) is 0 Å². The van der Waals surface area contributed by atoms with Gasteiger partial charge >= 0.3 is 0 Å². The first-order chi connectivity index (χ1) is 9.35. The molecule has 0 aromatic carbocycles. The van der Waals surface area contributed by atoms with Crippen molar-refractivity contribution < 1.29 is 0 Å². The van der Waals surface area contributed by atoms with E-state index in [-0.39, 0.29) is 0 Å². The third kappa shape index (κ3) is 3.14. The molecule has 2 fully saturated rings. The maximum Gasteiger partial charge on any atom is 0.0543 e. The van der Waals surface area contributed by atoms with E-state index >= 15 is 0 Å². The molecule has 2 saturated heterocycles. The van der Waals surface area contributed by atoms with Crippen molar-refractivity contribution in [3.05, 3.63) is 30.1 Å². The monoisotopic (exact) mass is 260 g/mol. The molecule has 4 nitrogen and oxygen atoms in total. The molecule has 2 aliphatic heterocycles. The Morgan fingerprint density at radius 1 is 1.21 bits per heavy atom. The first-order valence-corrected chi connectivity index (χ1v) is 7.41. The van der Waals surface area contributed by atoms with Crippen LogP contribution >= 0.6 is 0 Å². The van der Waals surface area contributed by atoms with Gasteiger partial charge in [-0.05, 0) is 44.0 Å². The summed E-state index contributed by atoms with van der Waals surface area (Å²) < 4.78 is 0. The molecule has 3 rings (SSSR count). The van der Waals surface area contributed by atoms with Gasteiger partial charge in [0, 0.05) is 38.4 Å². The standard InChI is InChI=1S/C15H24N4/c16-9-13-4-8-19(10-13)15-5-7-18(12-15)11-14-3-1-2-6-17-14/h1-3,6,13,15H,4-5,7-12,16H2. The zero-order chi connectivity index (χ0) is 13.1. The number of pyridine rings is 1. The molecule has 0 amide bonds. The largest absolute Gasteiger partial charge is 0.330 e. The number of nitrogens with two attached hydrogens (primary N) is 1. The third-order valence-corrected chi connectivity index (χ3v) is 4.53. The summed E-state index contributed by atoms with van der Waals surface area (Å²) in [7, 11) is 0. The molecule has 0 aliphatic carbocycles. The van der Waals surface area contributed by atoms with Crippen molar-refractivity contribution in [2.24, 2.45) is 11.7 Å². The second-order valence-corrected chi connectivity index (χ2v) is 5.88. The summed E-state index contributed by atoms with van der Waals surface area (Å²) in [6.07, 6.45) is 4.46. The van der Waals surface area contributed by atoms with E-state index in [0.29, 0.717) is 0 Å². The summed E-state index contributed by atoms with van der Waals surface area (Å²) in [4.78, 5) is 9.60. The molecule has 2 atom stereocenters. The molecule has 104 valence electrons. The average molecular weight is 260 g/mol. The molecule has 2 unspecified atom stereocenters. The molecular weight excluding hydrogens is 236 g/mol. The maximum absolute atomic E-state index is 5.78. The van der Waals surface area contributed by atoms with E-state index in [1.54, 1.807) is 0 Å². The average Bonchev–Trinajstić information content (AvgIpc) is 3.08. The molecule has 19 heavy (non-hydrogen) atoms. The van der Waals surface area contributed by atoms with Crippen LogP contribution in [0, 0.1) is 5.92 Å². The summed E-state index contributed by atoms with van der Waals surface area (Å²) >= 11 is 0. The lowest BCUT2D eigenvalue weighted by Gasteiger charge is -2.24. The highest BCUT2D eigenvalue weighted by Crippen LogP contribution is 2.23. The molecule has 0 radical (unpaired) electrons. The molecule has 3 heterocycles. The van der Waals surface area contributed by atoms with Gasteiger partial charge in [-0.2, -0.15) is 0 Å². The fraction of sp³-hybridized carbons (Fsp3) is 0.667. The summed E-state index contributed by atoms with van der Waals surface area (Å²) in [6, 6.07) is 6.91. The quantitative estimate of drug-likeness (QED) is 0.875. The third-order valence-electron chi connectivity index (χ3n) is 4.53. The molecule has 2 aliphatic rings. The lowest BCUT2D eigenvalue weighted by atomic mass is 10.1. The molecule has 0 saturated carbocycles. The van der Waals surface area contributed by atoms with Crippen LogP contribution in [-0.2, 0) is 6.54 Å². The van der Waals surface area contributed by atoms with Crippen molar-refractivity contribution in [1.29, 1.82) is 0 Å². The second-order valence-electron chi connectivity index (χ2n) is 5.88. The highest BCUT2D eigenvalue weighted by molar-refractivity contribution is 5.04. The van der Waals surface area contributed by atoms with E-state index < -0.39 is 0 Å². The van der Waals surface area contributed by atoms with Crippen molar-refractivity contribution in [3.8, 4) is 0 Å². The van der Waals surface area contributed by atoms with Gasteiger partial charge in [0.25, 0.3) is 0 Å². The summed E-state index contributed by atoms with van der Waals surface area (Å²) in [5.41, 5.74) is 6.96. The minimum Gasteiger partial charge on any atom is -0.330 e. The predicted molar refractivity (Wildman–Crippen MR) is 76.7 cm³/mol. The lowest BCUT2D eigenvalue weighted by molar-refractivity contribution is 0.222. The topological polar surface area (TPSA) is 45.4 Å². The fourth-order valence-electron chi connectivity index (χ4n) is 3.36. The van der Waals surface area contributed by atoms with Crippen molar-refractivity contribution in [1.82, 2.24) is 14.8 Å². The fourth-order valence-corrected chi connectivity index (χ4v) is 3.36. The smallest absolute Gasteiger partial charge is 0.0543 e. The Kier molecular flexibility index (Phi) is 4.11. The Balaban J connectivity index is 1.50. The Labute approximate surface area is 115 Å². The number of aromatic nitrogens is 1. The number of nitrogens with zero attached hydrogens (tertiary/aromatic N) is 3. The normalized spacial score (nSPS) is 29.1. The highest BCUT2D eigenvalue weighted by Gasteiger charge is 2.32. The molecule has 2 N–H and O–H groups in total. The number of likely N-dealkylation sites (tertiary alicyclic amines) is 2. The molecular formula is C15H24N4. The van der Waals surface area contributed by atoms with Crippen LogP contribution in [0.1, 0.15) is 18.5 Å². The van der Waals surface area contributed by atoms with Crippen LogP contribution in [0.25, 0.3) is 0 Å². The van der Waals surface area contributed by atoms with Gasteiger partial charge in [-0.1, -0.05) is 6.07 Å². The van der Waals surface area contributed by atoms with Gasteiger partial charge in [0.1, 0.15) is 0 Å². The molecule has 4 heteroatoms. The Hall–Kier alpha value is -0.970.